The molecule has 0 unspecified atom stereocenters. The van der Waals surface area contributed by atoms with Crippen LogP contribution in [-0.2, 0) is 14.8 Å². The third kappa shape index (κ3) is 3.94. The van der Waals surface area contributed by atoms with E-state index in [-0.39, 0.29) is 23.8 Å². The van der Waals surface area contributed by atoms with Crippen LogP contribution in [0.5, 0.6) is 0 Å². The molecule has 0 bridgehead atoms. The summed E-state index contributed by atoms with van der Waals surface area (Å²) in [4.78, 5) is 13.7. The summed E-state index contributed by atoms with van der Waals surface area (Å²) in [6, 6.07) is 6.03. The molecule has 0 saturated carbocycles. The number of sulfonamides is 1. The Kier molecular flexibility index (Phi) is 5.01. The van der Waals surface area contributed by atoms with Crippen molar-refractivity contribution in [2.45, 2.75) is 24.2 Å². The van der Waals surface area contributed by atoms with Crippen molar-refractivity contribution in [2.75, 3.05) is 19.6 Å². The van der Waals surface area contributed by atoms with Gasteiger partial charge in [0.2, 0.25) is 15.9 Å². The minimum atomic E-state index is -3.61. The number of nitrogens with one attached hydrogen (secondary N) is 1. The lowest BCUT2D eigenvalue weighted by molar-refractivity contribution is -0.129. The van der Waals surface area contributed by atoms with Crippen molar-refractivity contribution >= 4 is 27.5 Å². The van der Waals surface area contributed by atoms with Gasteiger partial charge in [-0.2, -0.15) is 0 Å². The van der Waals surface area contributed by atoms with E-state index >= 15 is 0 Å². The summed E-state index contributed by atoms with van der Waals surface area (Å²) in [5.41, 5.74) is 0. The maximum Gasteiger partial charge on any atom is 0.240 e. The Balaban J connectivity index is 1.88. The number of nitrogens with zero attached hydrogens (tertiary/aromatic N) is 1. The van der Waals surface area contributed by atoms with Crippen LogP contribution in [0.25, 0.3) is 0 Å². The molecule has 0 atom stereocenters. The van der Waals surface area contributed by atoms with Crippen LogP contribution in [0.15, 0.2) is 29.2 Å². The van der Waals surface area contributed by atoms with Gasteiger partial charge in [-0.3, -0.25) is 4.79 Å². The van der Waals surface area contributed by atoms with E-state index in [2.05, 4.69) is 4.72 Å². The van der Waals surface area contributed by atoms with Gasteiger partial charge in [0, 0.05) is 31.1 Å². The molecule has 1 aliphatic heterocycles. The van der Waals surface area contributed by atoms with Crippen LogP contribution in [-0.4, -0.2) is 38.9 Å². The van der Waals surface area contributed by atoms with E-state index in [0.717, 1.165) is 25.9 Å². The molecule has 1 amide bonds. The second-order valence-electron chi connectivity index (χ2n) is 4.69. The van der Waals surface area contributed by atoms with E-state index in [4.69, 9.17) is 11.6 Å². The Morgan fingerprint density at radius 1 is 1.30 bits per heavy atom. The number of amides is 1. The van der Waals surface area contributed by atoms with E-state index in [1.165, 1.54) is 12.1 Å². The standard InChI is InChI=1S/C13H17ClN2O3S/c14-11-4-3-5-12(10-11)20(18,19)15-7-6-13(17)16-8-1-2-9-16/h3-5,10,15H,1-2,6-9H2. The molecule has 1 aromatic carbocycles. The number of benzene rings is 1. The molecular formula is C13H17ClN2O3S. The second-order valence-corrected chi connectivity index (χ2v) is 6.90. The molecule has 0 spiro atoms. The maximum absolute atomic E-state index is 12.0. The summed E-state index contributed by atoms with van der Waals surface area (Å²) >= 11 is 5.77. The van der Waals surface area contributed by atoms with E-state index < -0.39 is 10.0 Å². The average molecular weight is 317 g/mol. The molecule has 1 N–H and O–H groups in total. The Morgan fingerprint density at radius 3 is 2.65 bits per heavy atom. The Hall–Kier alpha value is -1.11. The normalized spacial score (nSPS) is 15.6. The van der Waals surface area contributed by atoms with Crippen molar-refractivity contribution in [3.63, 3.8) is 0 Å². The number of hydrogen-bond acceptors (Lipinski definition) is 3. The SMILES string of the molecule is O=C(CCNS(=O)(=O)c1cccc(Cl)c1)N1CCCC1. The van der Waals surface area contributed by atoms with Crippen LogP contribution in [0.1, 0.15) is 19.3 Å². The van der Waals surface area contributed by atoms with Gasteiger partial charge in [0.15, 0.2) is 0 Å². The lowest BCUT2D eigenvalue weighted by Crippen LogP contribution is -2.32. The summed E-state index contributed by atoms with van der Waals surface area (Å²) in [6.45, 7) is 1.66. The third-order valence-electron chi connectivity index (χ3n) is 3.20. The highest BCUT2D eigenvalue weighted by Gasteiger charge is 2.19. The Labute approximate surface area is 124 Å². The predicted octanol–water partition coefficient (Wildman–Crippen LogP) is 1.63. The predicted molar refractivity (Wildman–Crippen MR) is 77.1 cm³/mol. The number of carbonyl (C=O) groups excluding carboxylic acids is 1. The zero-order valence-corrected chi connectivity index (χ0v) is 12.6. The number of halogens is 1. The van der Waals surface area contributed by atoms with Crippen LogP contribution in [0.4, 0.5) is 0 Å². The van der Waals surface area contributed by atoms with Crippen molar-refractivity contribution < 1.29 is 13.2 Å². The van der Waals surface area contributed by atoms with Gasteiger partial charge in [-0.05, 0) is 31.0 Å². The van der Waals surface area contributed by atoms with Crippen LogP contribution >= 0.6 is 11.6 Å². The third-order valence-corrected chi connectivity index (χ3v) is 4.89. The number of rotatable bonds is 5. The second kappa shape index (κ2) is 6.56. The highest BCUT2D eigenvalue weighted by atomic mass is 35.5. The molecule has 1 saturated heterocycles. The highest BCUT2D eigenvalue weighted by Crippen LogP contribution is 2.15. The van der Waals surface area contributed by atoms with Crippen molar-refractivity contribution in [1.82, 2.24) is 9.62 Å². The summed E-state index contributed by atoms with van der Waals surface area (Å²) < 4.78 is 26.4. The van der Waals surface area contributed by atoms with Gasteiger partial charge < -0.3 is 4.90 Å². The first kappa shape index (κ1) is 15.3. The monoisotopic (exact) mass is 316 g/mol. The van der Waals surface area contributed by atoms with Crippen LogP contribution < -0.4 is 4.72 Å². The summed E-state index contributed by atoms with van der Waals surface area (Å²) in [5, 5.41) is 0.362. The Bertz CT molecular complexity index is 583. The van der Waals surface area contributed by atoms with E-state index in [1.54, 1.807) is 17.0 Å². The van der Waals surface area contributed by atoms with Crippen LogP contribution in [0.2, 0.25) is 5.02 Å². The van der Waals surface area contributed by atoms with Crippen molar-refractivity contribution in [2.24, 2.45) is 0 Å². The van der Waals surface area contributed by atoms with E-state index in [1.807, 2.05) is 0 Å². The van der Waals surface area contributed by atoms with Gasteiger partial charge in [-0.1, -0.05) is 17.7 Å². The van der Waals surface area contributed by atoms with E-state index in [0.29, 0.717) is 5.02 Å². The fourth-order valence-electron chi connectivity index (χ4n) is 2.13. The molecule has 1 aromatic rings. The summed E-state index contributed by atoms with van der Waals surface area (Å²) in [5.74, 6) is -0.00343. The molecule has 110 valence electrons. The Morgan fingerprint density at radius 2 is 2.00 bits per heavy atom. The topological polar surface area (TPSA) is 66.5 Å². The molecule has 0 aromatic heterocycles. The first-order valence-corrected chi connectivity index (χ1v) is 8.38. The molecule has 1 heterocycles. The zero-order valence-electron chi connectivity index (χ0n) is 11.0. The lowest BCUT2D eigenvalue weighted by atomic mass is 10.4. The maximum atomic E-state index is 12.0. The first-order valence-electron chi connectivity index (χ1n) is 6.52. The van der Waals surface area contributed by atoms with Gasteiger partial charge in [-0.25, -0.2) is 13.1 Å². The van der Waals surface area contributed by atoms with E-state index in [9.17, 15) is 13.2 Å². The van der Waals surface area contributed by atoms with Crippen LogP contribution in [0.3, 0.4) is 0 Å². The molecule has 0 aliphatic carbocycles. The lowest BCUT2D eigenvalue weighted by Gasteiger charge is -2.15. The minimum Gasteiger partial charge on any atom is -0.343 e. The molecule has 1 fully saturated rings. The zero-order chi connectivity index (χ0) is 14.6. The number of carbonyl (C=O) groups is 1. The molecule has 0 radical (unpaired) electrons. The van der Waals surface area contributed by atoms with Gasteiger partial charge in [-0.15, -0.1) is 0 Å². The quantitative estimate of drug-likeness (QED) is 0.898. The molecular weight excluding hydrogens is 300 g/mol. The van der Waals surface area contributed by atoms with Crippen molar-refractivity contribution in [3.8, 4) is 0 Å². The molecule has 2 rings (SSSR count). The van der Waals surface area contributed by atoms with Crippen molar-refractivity contribution in [3.05, 3.63) is 29.3 Å². The van der Waals surface area contributed by atoms with Gasteiger partial charge in [0.25, 0.3) is 0 Å². The largest absolute Gasteiger partial charge is 0.343 e. The number of likely N-dealkylation sites (tertiary alicyclic amines) is 1. The minimum absolute atomic E-state index is 0.00343. The summed E-state index contributed by atoms with van der Waals surface area (Å²) in [7, 11) is -3.61. The van der Waals surface area contributed by atoms with Gasteiger partial charge in [0.1, 0.15) is 0 Å². The highest BCUT2D eigenvalue weighted by molar-refractivity contribution is 7.89. The fraction of sp³-hybridized carbons (Fsp3) is 0.462. The van der Waals surface area contributed by atoms with Crippen molar-refractivity contribution in [1.29, 1.82) is 0 Å². The van der Waals surface area contributed by atoms with Gasteiger partial charge >= 0.3 is 0 Å². The average Bonchev–Trinajstić information content (AvgIpc) is 2.92. The molecule has 20 heavy (non-hydrogen) atoms. The van der Waals surface area contributed by atoms with Crippen LogP contribution in [0, 0.1) is 0 Å². The molecule has 5 nitrogen and oxygen atoms in total. The molecule has 1 aliphatic rings. The smallest absolute Gasteiger partial charge is 0.240 e. The molecule has 7 heteroatoms. The number of hydrogen-bond donors (Lipinski definition) is 1. The fourth-order valence-corrected chi connectivity index (χ4v) is 3.47. The first-order chi connectivity index (χ1) is 9.49. The van der Waals surface area contributed by atoms with Gasteiger partial charge in [0.05, 0.1) is 4.90 Å². The summed E-state index contributed by atoms with van der Waals surface area (Å²) in [6.07, 6.45) is 2.24.